The molecule has 0 radical (unpaired) electrons. The van der Waals surface area contributed by atoms with E-state index in [0.29, 0.717) is 26.1 Å². The molecule has 0 spiro atoms. The van der Waals surface area contributed by atoms with Gasteiger partial charge in [-0.3, -0.25) is 0 Å². The van der Waals surface area contributed by atoms with Gasteiger partial charge in [0, 0.05) is 0 Å². The zero-order valence-electron chi connectivity index (χ0n) is 15.5. The van der Waals surface area contributed by atoms with Crippen molar-refractivity contribution in [2.45, 2.75) is 43.3 Å². The molecule has 1 saturated carbocycles. The Morgan fingerprint density at radius 3 is 1.93 bits per heavy atom. The quantitative estimate of drug-likeness (QED) is 0.412. The molecule has 7 heteroatoms. The summed E-state index contributed by atoms with van der Waals surface area (Å²) < 4.78 is 45.2. The topological polar surface area (TPSA) is 75.7 Å². The van der Waals surface area contributed by atoms with Crippen LogP contribution in [0.3, 0.4) is 0 Å². The van der Waals surface area contributed by atoms with Gasteiger partial charge in [-0.15, -0.1) is 0 Å². The maximum absolute atomic E-state index is 11.6. The second kappa shape index (κ2) is 10.6. The van der Waals surface area contributed by atoms with Crippen LogP contribution in [-0.4, -0.2) is 30.4 Å². The Hall–Kier alpha value is -0.0936. The van der Waals surface area contributed by atoms with Crippen LogP contribution in [0.5, 0.6) is 0 Å². The standard InChI is InChI=1S/C20H24O5S.K/c21-26(22,23)20(11-12-20)13-19(25-15-18-9-5-2-6-10-18)16-24-14-17-7-3-1-4-8-17;/h1-10,19H,11-16H2,(H,21,22,23);/q;+1/p-1/t19-;/m1./s1. The minimum absolute atomic E-state index is 0. The van der Waals surface area contributed by atoms with Crippen LogP contribution in [0.4, 0.5) is 0 Å². The van der Waals surface area contributed by atoms with Crippen molar-refractivity contribution >= 4 is 10.1 Å². The van der Waals surface area contributed by atoms with Crippen molar-refractivity contribution < 1.29 is 73.8 Å². The van der Waals surface area contributed by atoms with Crippen molar-refractivity contribution in [3.05, 3.63) is 71.8 Å². The van der Waals surface area contributed by atoms with Gasteiger partial charge in [0.2, 0.25) is 0 Å². The van der Waals surface area contributed by atoms with Gasteiger partial charge in [0.05, 0.1) is 30.7 Å². The third kappa shape index (κ3) is 7.03. The summed E-state index contributed by atoms with van der Waals surface area (Å²) in [4.78, 5) is 0. The molecular weight excluding hydrogens is 391 g/mol. The average Bonchev–Trinajstić information content (AvgIpc) is 3.42. The molecule has 1 fully saturated rings. The van der Waals surface area contributed by atoms with Gasteiger partial charge in [0.15, 0.2) is 0 Å². The largest absolute Gasteiger partial charge is 1.00 e. The monoisotopic (exact) mass is 414 g/mol. The SMILES string of the molecule is O=S(=O)([O-])C1(C[C@H](COCc2ccccc2)OCc2ccccc2)CC1.[K+]. The molecule has 0 unspecified atom stereocenters. The maximum Gasteiger partial charge on any atom is 1.00 e. The van der Waals surface area contributed by atoms with Gasteiger partial charge in [0.25, 0.3) is 0 Å². The summed E-state index contributed by atoms with van der Waals surface area (Å²) in [6.45, 7) is 1.03. The summed E-state index contributed by atoms with van der Waals surface area (Å²) in [6.07, 6.45) is 0.552. The molecule has 0 aliphatic heterocycles. The van der Waals surface area contributed by atoms with E-state index in [1.54, 1.807) is 0 Å². The molecule has 1 aliphatic rings. The van der Waals surface area contributed by atoms with Crippen molar-refractivity contribution in [2.24, 2.45) is 0 Å². The fourth-order valence-corrected chi connectivity index (χ4v) is 3.94. The Balaban J connectivity index is 0.00000261. The molecule has 2 aromatic rings. The van der Waals surface area contributed by atoms with E-state index in [0.717, 1.165) is 11.1 Å². The van der Waals surface area contributed by atoms with Crippen molar-refractivity contribution in [3.63, 3.8) is 0 Å². The number of ether oxygens (including phenoxy) is 2. The van der Waals surface area contributed by atoms with Gasteiger partial charge in [0.1, 0.15) is 10.1 Å². The van der Waals surface area contributed by atoms with E-state index < -0.39 is 21.0 Å². The third-order valence-corrected chi connectivity index (χ3v) is 6.32. The van der Waals surface area contributed by atoms with Gasteiger partial charge in [-0.25, -0.2) is 8.42 Å². The molecule has 0 saturated heterocycles. The van der Waals surface area contributed by atoms with E-state index in [-0.39, 0.29) is 64.4 Å². The van der Waals surface area contributed by atoms with Crippen molar-refractivity contribution in [2.75, 3.05) is 6.61 Å². The number of hydrogen-bond donors (Lipinski definition) is 0. The molecule has 2 aromatic carbocycles. The van der Waals surface area contributed by atoms with Crippen LogP contribution >= 0.6 is 0 Å². The van der Waals surface area contributed by atoms with Crippen LogP contribution < -0.4 is 51.4 Å². The molecule has 1 aliphatic carbocycles. The third-order valence-electron chi connectivity index (χ3n) is 4.68. The van der Waals surface area contributed by atoms with Crippen LogP contribution in [0.15, 0.2) is 60.7 Å². The molecule has 0 bridgehead atoms. The number of hydrogen-bond acceptors (Lipinski definition) is 5. The second-order valence-corrected chi connectivity index (χ2v) is 8.53. The molecule has 140 valence electrons. The first kappa shape index (κ1) is 23.2. The maximum atomic E-state index is 11.6. The van der Waals surface area contributed by atoms with Crippen molar-refractivity contribution in [1.29, 1.82) is 0 Å². The van der Waals surface area contributed by atoms with Gasteiger partial charge < -0.3 is 14.0 Å². The van der Waals surface area contributed by atoms with E-state index in [9.17, 15) is 13.0 Å². The Labute approximate surface area is 203 Å². The predicted octanol–water partition coefficient (Wildman–Crippen LogP) is 0.261. The van der Waals surface area contributed by atoms with E-state index >= 15 is 0 Å². The van der Waals surface area contributed by atoms with E-state index in [4.69, 9.17) is 9.47 Å². The van der Waals surface area contributed by atoms with Crippen LogP contribution in [-0.2, 0) is 32.8 Å². The van der Waals surface area contributed by atoms with E-state index in [1.165, 1.54) is 0 Å². The van der Waals surface area contributed by atoms with Crippen molar-refractivity contribution in [1.82, 2.24) is 0 Å². The van der Waals surface area contributed by atoms with Crippen LogP contribution in [0.2, 0.25) is 0 Å². The first-order valence-corrected chi connectivity index (χ1v) is 10.1. The zero-order chi connectivity index (χ0) is 18.5. The van der Waals surface area contributed by atoms with Gasteiger partial charge in [-0.2, -0.15) is 0 Å². The normalized spacial score (nSPS) is 16.3. The van der Waals surface area contributed by atoms with E-state index in [1.807, 2.05) is 60.7 Å². The van der Waals surface area contributed by atoms with Crippen LogP contribution in [0.1, 0.15) is 30.4 Å². The first-order valence-electron chi connectivity index (χ1n) is 8.71. The summed E-state index contributed by atoms with van der Waals surface area (Å²) in [5.41, 5.74) is 2.03. The van der Waals surface area contributed by atoms with Gasteiger partial charge in [-0.1, -0.05) is 60.7 Å². The second-order valence-electron chi connectivity index (χ2n) is 6.76. The number of rotatable bonds is 10. The Bertz CT molecular complexity index is 792. The predicted molar refractivity (Wildman–Crippen MR) is 97.4 cm³/mol. The molecule has 0 heterocycles. The van der Waals surface area contributed by atoms with Crippen molar-refractivity contribution in [3.8, 4) is 0 Å². The average molecular weight is 415 g/mol. The van der Waals surface area contributed by atoms with E-state index in [2.05, 4.69) is 0 Å². The first-order chi connectivity index (χ1) is 12.5. The van der Waals surface area contributed by atoms with Crippen LogP contribution in [0.25, 0.3) is 0 Å². The molecule has 0 aromatic heterocycles. The summed E-state index contributed by atoms with van der Waals surface area (Å²) in [5.74, 6) is 0. The molecule has 1 atom stereocenters. The molecule has 0 N–H and O–H groups in total. The molecule has 0 amide bonds. The van der Waals surface area contributed by atoms with Crippen LogP contribution in [0, 0.1) is 0 Å². The minimum atomic E-state index is -4.33. The summed E-state index contributed by atoms with van der Waals surface area (Å²) >= 11 is 0. The van der Waals surface area contributed by atoms with Gasteiger partial charge in [-0.05, 0) is 30.4 Å². The number of benzene rings is 2. The zero-order valence-corrected chi connectivity index (χ0v) is 19.5. The smallest absolute Gasteiger partial charge is 0.748 e. The van der Waals surface area contributed by atoms with Gasteiger partial charge >= 0.3 is 51.4 Å². The molecule has 3 rings (SSSR count). The minimum Gasteiger partial charge on any atom is -0.748 e. The Morgan fingerprint density at radius 1 is 0.926 bits per heavy atom. The Kier molecular flexibility index (Phi) is 9.12. The summed E-state index contributed by atoms with van der Waals surface area (Å²) in [7, 11) is -4.33. The molecular formula is C20H23KO5S. The molecule has 5 nitrogen and oxygen atoms in total. The fraction of sp³-hybridized carbons (Fsp3) is 0.400. The fourth-order valence-electron chi connectivity index (χ4n) is 2.95. The summed E-state index contributed by atoms with van der Waals surface area (Å²) in [5, 5.41) is 0. The summed E-state index contributed by atoms with van der Waals surface area (Å²) in [6, 6.07) is 19.4. The molecule has 27 heavy (non-hydrogen) atoms. The Morgan fingerprint density at radius 2 is 1.44 bits per heavy atom.